The minimum Gasteiger partial charge on any atom is -0.0871 e. The van der Waals surface area contributed by atoms with Crippen molar-refractivity contribution < 1.29 is 0 Å². The number of fused-ring (bicyclic) bond motifs is 10. The van der Waals surface area contributed by atoms with Gasteiger partial charge < -0.3 is 0 Å². The van der Waals surface area contributed by atoms with Crippen LogP contribution in [0.3, 0.4) is 0 Å². The molecular formula is C71H58. The third-order valence-electron chi connectivity index (χ3n) is 15.1. The number of rotatable bonds is 7. The fourth-order valence-electron chi connectivity index (χ4n) is 12.2. The van der Waals surface area contributed by atoms with Crippen LogP contribution in [0.25, 0.3) is 126 Å². The fourth-order valence-corrected chi connectivity index (χ4v) is 12.2. The van der Waals surface area contributed by atoms with E-state index in [0.29, 0.717) is 0 Å². The first-order chi connectivity index (χ1) is 35.2. The van der Waals surface area contributed by atoms with Crippen molar-refractivity contribution in [3.63, 3.8) is 0 Å². The Hall–Kier alpha value is -8.06. The molecule has 0 radical (unpaired) electrons. The van der Waals surface area contributed by atoms with Gasteiger partial charge >= 0.3 is 0 Å². The number of benzene rings is 11. The Bertz CT molecular complexity index is 3990. The summed E-state index contributed by atoms with van der Waals surface area (Å²) in [4.78, 5) is 0. The van der Waals surface area contributed by atoms with E-state index >= 15 is 0 Å². The molecule has 0 saturated heterocycles. The molecule has 0 heterocycles. The van der Waals surface area contributed by atoms with Gasteiger partial charge in [-0.25, -0.2) is 0 Å². The van der Waals surface area contributed by atoms with Crippen LogP contribution >= 0.6 is 0 Å². The topological polar surface area (TPSA) is 0 Å². The zero-order chi connectivity index (χ0) is 48.0. The number of hydrogen-bond acceptors (Lipinski definition) is 0. The highest BCUT2D eigenvalue weighted by Crippen LogP contribution is 2.51. The molecule has 0 unspecified atom stereocenters. The van der Waals surface area contributed by atoms with Crippen molar-refractivity contribution >= 4 is 92.6 Å². The minimum atomic E-state index is 1.00. The van der Waals surface area contributed by atoms with Crippen molar-refractivity contribution in [2.75, 3.05) is 0 Å². The molecule has 0 N–H and O–H groups in total. The summed E-state index contributed by atoms with van der Waals surface area (Å²) < 4.78 is 0. The Balaban J connectivity index is 0.00000256. The van der Waals surface area contributed by atoms with Gasteiger partial charge in [-0.1, -0.05) is 215 Å². The van der Waals surface area contributed by atoms with Crippen LogP contribution in [-0.4, -0.2) is 0 Å². The van der Waals surface area contributed by atoms with E-state index in [1.165, 1.54) is 142 Å². The van der Waals surface area contributed by atoms with Crippen molar-refractivity contribution in [1.82, 2.24) is 0 Å². The molecule has 2 aliphatic rings. The van der Waals surface area contributed by atoms with E-state index < -0.39 is 0 Å². The number of hydrogen-bond donors (Lipinski definition) is 0. The van der Waals surface area contributed by atoms with Crippen LogP contribution in [0.15, 0.2) is 212 Å². The molecule has 0 saturated carbocycles. The van der Waals surface area contributed by atoms with E-state index in [2.05, 4.69) is 232 Å². The summed E-state index contributed by atoms with van der Waals surface area (Å²) in [5.41, 5.74) is 15.8. The number of allylic oxidation sites excluding steroid dienone is 9. The largest absolute Gasteiger partial charge is 0.0871 e. The van der Waals surface area contributed by atoms with Crippen LogP contribution in [0.1, 0.15) is 75.6 Å². The zero-order valence-corrected chi connectivity index (χ0v) is 41.3. The van der Waals surface area contributed by atoms with Crippen LogP contribution in [-0.2, 0) is 6.42 Å². The van der Waals surface area contributed by atoms with Gasteiger partial charge in [0, 0.05) is 0 Å². The van der Waals surface area contributed by atoms with Gasteiger partial charge in [0.1, 0.15) is 0 Å². The molecule has 0 bridgehead atoms. The van der Waals surface area contributed by atoms with Gasteiger partial charge in [0.05, 0.1) is 0 Å². The Kier molecular flexibility index (Phi) is 11.6. The molecule has 0 spiro atoms. The highest BCUT2D eigenvalue weighted by molar-refractivity contribution is 6.30. The van der Waals surface area contributed by atoms with Crippen LogP contribution in [0.2, 0.25) is 0 Å². The fraction of sp³-hybridized carbons (Fsp3) is 0.127. The molecule has 0 amide bonds. The molecular weight excluding hydrogens is 853 g/mol. The van der Waals surface area contributed by atoms with Crippen molar-refractivity contribution in [3.8, 4) is 33.4 Å². The zero-order valence-electron chi connectivity index (χ0n) is 41.3. The predicted octanol–water partition coefficient (Wildman–Crippen LogP) is 20.8. The molecule has 0 heteroatoms. The second-order valence-electron chi connectivity index (χ2n) is 19.0. The normalized spacial score (nSPS) is 13.7. The first kappa shape index (κ1) is 44.2. The quantitative estimate of drug-likeness (QED) is 0.0849. The van der Waals surface area contributed by atoms with Crippen LogP contribution in [0, 0.1) is 0 Å². The Labute approximate surface area is 418 Å². The van der Waals surface area contributed by atoms with Crippen LogP contribution in [0.4, 0.5) is 0 Å². The van der Waals surface area contributed by atoms with Crippen LogP contribution in [0.5, 0.6) is 0 Å². The Morgan fingerprint density at radius 2 is 0.930 bits per heavy atom. The Morgan fingerprint density at radius 3 is 1.44 bits per heavy atom. The summed E-state index contributed by atoms with van der Waals surface area (Å²) in [6.07, 6.45) is 23.9. The third kappa shape index (κ3) is 7.36. The molecule has 11 aromatic rings. The van der Waals surface area contributed by atoms with Crippen molar-refractivity contribution in [1.29, 1.82) is 0 Å². The second kappa shape index (κ2) is 18.7. The standard InChI is InChI=1S/C69H52.C2H6/c1-3-20-44(21-4-2)62-40-46-36-38-48(42-64(46)52-26-10-8-24-50(52)62)66-54-28-12-16-32-58(54)68(59-33-17-13-29-55(59)66)69-60-34-18-14-30-56(60)67(57-31-15-19-35-61(57)69)49-39-37-47-41-63(45-22-6-5-7-23-45)51-25-9-11-27-53(51)65(47)43-49;1-2/h3,6,8-9,11-25,27-43H,4-5,7,10,26H2,1-2H3;1-2H3/b20-3-,44-21+;. The molecule has 2 aliphatic carbocycles. The van der Waals surface area contributed by atoms with E-state index in [4.69, 9.17) is 0 Å². The lowest BCUT2D eigenvalue weighted by atomic mass is 9.80. The first-order valence-electron chi connectivity index (χ1n) is 26.0. The maximum absolute atomic E-state index is 2.50. The Morgan fingerprint density at radius 1 is 0.451 bits per heavy atom. The van der Waals surface area contributed by atoms with Gasteiger partial charge in [-0.2, -0.15) is 0 Å². The molecule has 13 rings (SSSR count). The van der Waals surface area contributed by atoms with E-state index in [0.717, 1.165) is 32.1 Å². The van der Waals surface area contributed by atoms with Gasteiger partial charge in [0.2, 0.25) is 0 Å². The maximum Gasteiger partial charge on any atom is -0.00139 e. The van der Waals surface area contributed by atoms with Gasteiger partial charge in [-0.05, 0) is 205 Å². The number of aryl methyl sites for hydroxylation is 1. The van der Waals surface area contributed by atoms with E-state index in [9.17, 15) is 0 Å². The molecule has 0 aromatic heterocycles. The lowest BCUT2D eigenvalue weighted by Gasteiger charge is -2.23. The van der Waals surface area contributed by atoms with Crippen molar-refractivity contribution in [2.24, 2.45) is 0 Å². The molecule has 0 aliphatic heterocycles. The lowest BCUT2D eigenvalue weighted by molar-refractivity contribution is 0.996. The van der Waals surface area contributed by atoms with Gasteiger partial charge in [-0.15, -0.1) is 0 Å². The highest BCUT2D eigenvalue weighted by Gasteiger charge is 2.24. The smallest absolute Gasteiger partial charge is 0.00139 e. The predicted molar refractivity (Wildman–Crippen MR) is 313 cm³/mol. The second-order valence-corrected chi connectivity index (χ2v) is 19.0. The molecule has 11 aromatic carbocycles. The van der Waals surface area contributed by atoms with Crippen molar-refractivity contribution in [3.05, 3.63) is 235 Å². The summed E-state index contributed by atoms with van der Waals surface area (Å²) in [6.45, 7) is 8.35. The van der Waals surface area contributed by atoms with Gasteiger partial charge in [0.25, 0.3) is 0 Å². The summed E-state index contributed by atoms with van der Waals surface area (Å²) >= 11 is 0. The molecule has 0 fully saturated rings. The monoisotopic (exact) mass is 910 g/mol. The van der Waals surface area contributed by atoms with E-state index in [1.807, 2.05) is 13.8 Å². The SMILES string of the molecule is C/C=C\C(=C/CC)c1cc2ccc(-c3c4ccccc4c(-c4c5ccccc5c(-c5ccc6cc(C7=CCCC=C7)c7ccccc7c6c5)c5ccccc45)c4ccccc34)cc2c2c1C=CCC2.CC. The molecule has 71 heavy (non-hydrogen) atoms. The summed E-state index contributed by atoms with van der Waals surface area (Å²) in [5.74, 6) is 0. The van der Waals surface area contributed by atoms with E-state index in [-0.39, 0.29) is 0 Å². The van der Waals surface area contributed by atoms with Gasteiger partial charge in [0.15, 0.2) is 0 Å². The highest BCUT2D eigenvalue weighted by atomic mass is 14.3. The molecule has 342 valence electrons. The van der Waals surface area contributed by atoms with Gasteiger partial charge in [-0.3, -0.25) is 0 Å². The lowest BCUT2D eigenvalue weighted by Crippen LogP contribution is -2.01. The summed E-state index contributed by atoms with van der Waals surface area (Å²) in [5, 5.41) is 18.0. The minimum absolute atomic E-state index is 1.00. The molecule has 0 nitrogen and oxygen atoms in total. The maximum atomic E-state index is 2.50. The third-order valence-corrected chi connectivity index (χ3v) is 15.1. The van der Waals surface area contributed by atoms with Crippen LogP contribution < -0.4 is 0 Å². The summed E-state index contributed by atoms with van der Waals surface area (Å²) in [6, 6.07) is 64.9. The molecule has 0 atom stereocenters. The summed E-state index contributed by atoms with van der Waals surface area (Å²) in [7, 11) is 0. The van der Waals surface area contributed by atoms with Crippen molar-refractivity contribution in [2.45, 2.75) is 59.8 Å². The van der Waals surface area contributed by atoms with E-state index in [1.54, 1.807) is 0 Å². The average molecular weight is 911 g/mol. The average Bonchev–Trinajstić information content (AvgIpc) is 3.44. The first-order valence-corrected chi connectivity index (χ1v) is 26.0.